The molecule has 0 spiro atoms. The molecule has 0 heterocycles. The SMILES string of the molecule is CC/C=C\C/C=C\C/C=C\CCCCCCCCCC(=O)OCC(O)COP(=O)(O)OCCNC(=O)CCCC. The molecule has 0 aromatic heterocycles. The smallest absolute Gasteiger partial charge is 0.463 e. The second-order valence-electron chi connectivity index (χ2n) is 9.70. The molecule has 9 nitrogen and oxygen atoms in total. The first-order chi connectivity index (χ1) is 19.3. The van der Waals surface area contributed by atoms with E-state index in [0.29, 0.717) is 6.42 Å². The number of phosphoric ester groups is 1. The van der Waals surface area contributed by atoms with Crippen molar-refractivity contribution in [2.24, 2.45) is 0 Å². The van der Waals surface area contributed by atoms with E-state index in [1.165, 1.54) is 19.3 Å². The van der Waals surface area contributed by atoms with Gasteiger partial charge in [-0.25, -0.2) is 4.57 Å². The molecule has 0 radical (unpaired) electrons. The monoisotopic (exact) mass is 587 g/mol. The molecule has 0 aliphatic heterocycles. The van der Waals surface area contributed by atoms with E-state index < -0.39 is 26.5 Å². The summed E-state index contributed by atoms with van der Waals surface area (Å²) in [6, 6.07) is 0. The van der Waals surface area contributed by atoms with Gasteiger partial charge < -0.3 is 20.1 Å². The zero-order valence-corrected chi connectivity index (χ0v) is 25.7. The summed E-state index contributed by atoms with van der Waals surface area (Å²) in [5.74, 6) is -0.568. The van der Waals surface area contributed by atoms with Crippen LogP contribution in [0.15, 0.2) is 36.5 Å². The number of hydrogen-bond acceptors (Lipinski definition) is 7. The number of ether oxygens (including phenoxy) is 1. The molecular formula is C30H54NO8P. The Balaban J connectivity index is 3.63. The van der Waals surface area contributed by atoms with Gasteiger partial charge in [-0.05, 0) is 44.9 Å². The van der Waals surface area contributed by atoms with E-state index in [9.17, 15) is 24.2 Å². The maximum absolute atomic E-state index is 11.9. The van der Waals surface area contributed by atoms with Crippen LogP contribution in [-0.2, 0) is 27.9 Å². The third kappa shape index (κ3) is 27.8. The van der Waals surface area contributed by atoms with Crippen molar-refractivity contribution in [1.82, 2.24) is 5.32 Å². The highest BCUT2D eigenvalue weighted by Crippen LogP contribution is 2.42. The molecule has 0 saturated heterocycles. The summed E-state index contributed by atoms with van der Waals surface area (Å²) in [4.78, 5) is 33.0. The van der Waals surface area contributed by atoms with Crippen molar-refractivity contribution < 1.29 is 37.9 Å². The molecule has 232 valence electrons. The van der Waals surface area contributed by atoms with Gasteiger partial charge in [-0.1, -0.05) is 88.8 Å². The molecule has 0 bridgehead atoms. The third-order valence-electron chi connectivity index (χ3n) is 5.83. The molecule has 0 rings (SSSR count). The Morgan fingerprint density at radius 2 is 1.43 bits per heavy atom. The predicted octanol–water partition coefficient (Wildman–Crippen LogP) is 6.70. The Labute approximate surface area is 242 Å². The van der Waals surface area contributed by atoms with Gasteiger partial charge in [-0.2, -0.15) is 0 Å². The molecule has 0 aromatic carbocycles. The fourth-order valence-corrected chi connectivity index (χ4v) is 4.30. The van der Waals surface area contributed by atoms with E-state index in [0.717, 1.165) is 64.2 Å². The number of aliphatic hydroxyl groups is 1. The van der Waals surface area contributed by atoms with E-state index in [-0.39, 0.29) is 32.1 Å². The standard InChI is InChI=1S/C30H54NO8P/c1-3-5-7-8-9-10-11-12-13-14-15-16-17-18-19-20-21-23-30(34)37-26-28(32)27-39-40(35,36)38-25-24-31-29(33)22-6-4-2/h5,7,9-10,12-13,28,32H,3-4,6,8,11,14-27H2,1-2H3,(H,31,33)(H,35,36)/b7-5-,10-9-,13-12-. The number of aliphatic hydroxyl groups excluding tert-OH is 1. The van der Waals surface area contributed by atoms with E-state index >= 15 is 0 Å². The zero-order chi connectivity index (χ0) is 29.7. The normalized spacial score (nSPS) is 14.2. The van der Waals surface area contributed by atoms with Gasteiger partial charge in [-0.15, -0.1) is 0 Å². The topological polar surface area (TPSA) is 131 Å². The summed E-state index contributed by atoms with van der Waals surface area (Å²) in [5.41, 5.74) is 0. The maximum atomic E-state index is 11.9. The second-order valence-corrected chi connectivity index (χ2v) is 11.1. The number of phosphoric acid groups is 1. The van der Waals surface area contributed by atoms with Crippen LogP contribution < -0.4 is 5.32 Å². The zero-order valence-electron chi connectivity index (χ0n) is 24.8. The molecule has 0 fully saturated rings. The lowest BCUT2D eigenvalue weighted by Gasteiger charge is -2.15. The highest BCUT2D eigenvalue weighted by atomic mass is 31.2. The summed E-state index contributed by atoms with van der Waals surface area (Å²) >= 11 is 0. The Hall–Kier alpha value is -1.77. The van der Waals surface area contributed by atoms with Gasteiger partial charge in [0.05, 0.1) is 13.2 Å². The van der Waals surface area contributed by atoms with E-state index in [4.69, 9.17) is 13.8 Å². The Morgan fingerprint density at radius 3 is 2.10 bits per heavy atom. The highest BCUT2D eigenvalue weighted by Gasteiger charge is 2.23. The first kappa shape index (κ1) is 38.2. The average Bonchev–Trinajstić information content (AvgIpc) is 2.93. The lowest BCUT2D eigenvalue weighted by atomic mass is 10.1. The van der Waals surface area contributed by atoms with Crippen LogP contribution in [0.3, 0.4) is 0 Å². The number of unbranched alkanes of at least 4 members (excludes halogenated alkanes) is 8. The van der Waals surface area contributed by atoms with Crippen molar-refractivity contribution in [2.45, 2.75) is 116 Å². The fraction of sp³-hybridized carbons (Fsp3) is 0.733. The Bertz CT molecular complexity index is 769. The number of amides is 1. The predicted molar refractivity (Wildman–Crippen MR) is 160 cm³/mol. The molecule has 1 amide bonds. The lowest BCUT2D eigenvalue weighted by molar-refractivity contribution is -0.147. The summed E-state index contributed by atoms with van der Waals surface area (Å²) < 4.78 is 26.3. The van der Waals surface area contributed by atoms with Crippen LogP contribution in [0, 0.1) is 0 Å². The lowest BCUT2D eigenvalue weighted by Crippen LogP contribution is -2.27. The average molecular weight is 588 g/mol. The fourth-order valence-electron chi connectivity index (χ4n) is 3.55. The number of nitrogens with one attached hydrogen (secondary N) is 1. The van der Waals surface area contributed by atoms with Crippen LogP contribution in [0.25, 0.3) is 0 Å². The summed E-state index contributed by atoms with van der Waals surface area (Å²) in [6.45, 7) is 3.14. The van der Waals surface area contributed by atoms with Crippen LogP contribution in [0.2, 0.25) is 0 Å². The minimum atomic E-state index is -4.38. The molecule has 2 atom stereocenters. The van der Waals surface area contributed by atoms with Gasteiger partial charge in [0.1, 0.15) is 12.7 Å². The van der Waals surface area contributed by atoms with Gasteiger partial charge in [-0.3, -0.25) is 18.6 Å². The second kappa shape index (κ2) is 27.4. The van der Waals surface area contributed by atoms with Gasteiger partial charge in [0, 0.05) is 19.4 Å². The van der Waals surface area contributed by atoms with E-state index in [1.54, 1.807) is 0 Å². The van der Waals surface area contributed by atoms with Crippen LogP contribution in [-0.4, -0.2) is 54.3 Å². The third-order valence-corrected chi connectivity index (χ3v) is 6.82. The molecule has 3 N–H and O–H groups in total. The number of rotatable bonds is 27. The Morgan fingerprint density at radius 1 is 0.800 bits per heavy atom. The number of hydrogen-bond donors (Lipinski definition) is 3. The molecule has 0 saturated carbocycles. The van der Waals surface area contributed by atoms with Crippen LogP contribution in [0.1, 0.15) is 110 Å². The van der Waals surface area contributed by atoms with E-state index in [1.807, 2.05) is 6.92 Å². The van der Waals surface area contributed by atoms with Crippen molar-refractivity contribution >= 4 is 19.7 Å². The van der Waals surface area contributed by atoms with Crippen molar-refractivity contribution in [3.8, 4) is 0 Å². The van der Waals surface area contributed by atoms with Crippen LogP contribution >= 0.6 is 7.82 Å². The van der Waals surface area contributed by atoms with Crippen molar-refractivity contribution in [3.05, 3.63) is 36.5 Å². The van der Waals surface area contributed by atoms with Gasteiger partial charge in [0.15, 0.2) is 0 Å². The van der Waals surface area contributed by atoms with Crippen molar-refractivity contribution in [3.63, 3.8) is 0 Å². The Kier molecular flexibility index (Phi) is 26.2. The summed E-state index contributed by atoms with van der Waals surface area (Å²) in [6.07, 6.45) is 26.1. The molecular weight excluding hydrogens is 533 g/mol. The largest absolute Gasteiger partial charge is 0.472 e. The minimum Gasteiger partial charge on any atom is -0.463 e. The van der Waals surface area contributed by atoms with E-state index in [2.05, 4.69) is 48.7 Å². The highest BCUT2D eigenvalue weighted by molar-refractivity contribution is 7.47. The van der Waals surface area contributed by atoms with Crippen molar-refractivity contribution in [1.29, 1.82) is 0 Å². The van der Waals surface area contributed by atoms with Gasteiger partial charge in [0.2, 0.25) is 5.91 Å². The first-order valence-electron chi connectivity index (χ1n) is 15.0. The number of esters is 1. The number of carbonyl (C=O) groups excluding carboxylic acids is 2. The molecule has 2 unspecified atom stereocenters. The molecule has 40 heavy (non-hydrogen) atoms. The van der Waals surface area contributed by atoms with Crippen LogP contribution in [0.4, 0.5) is 0 Å². The quantitative estimate of drug-likeness (QED) is 0.0419. The number of carbonyl (C=O) groups is 2. The molecule has 0 aliphatic rings. The molecule has 0 aromatic rings. The van der Waals surface area contributed by atoms with Crippen molar-refractivity contribution in [2.75, 3.05) is 26.4 Å². The van der Waals surface area contributed by atoms with Gasteiger partial charge >= 0.3 is 13.8 Å². The first-order valence-corrected chi connectivity index (χ1v) is 16.5. The molecule has 10 heteroatoms. The molecule has 0 aliphatic carbocycles. The van der Waals surface area contributed by atoms with Crippen LogP contribution in [0.5, 0.6) is 0 Å². The van der Waals surface area contributed by atoms with Gasteiger partial charge in [0.25, 0.3) is 0 Å². The maximum Gasteiger partial charge on any atom is 0.472 e. The summed E-state index contributed by atoms with van der Waals surface area (Å²) in [7, 11) is -4.38. The number of allylic oxidation sites excluding steroid dienone is 6. The summed E-state index contributed by atoms with van der Waals surface area (Å²) in [5, 5.41) is 12.4. The minimum absolute atomic E-state index is 0.0738.